The molecular formula is C16H13BrN4O3S3. The Balaban J connectivity index is 1.68. The van der Waals surface area contributed by atoms with Gasteiger partial charge in [-0.3, -0.25) is 4.79 Å². The second-order valence-electron chi connectivity index (χ2n) is 5.15. The molecule has 0 aliphatic rings. The second-order valence-corrected chi connectivity index (χ2v) is 10.0. The van der Waals surface area contributed by atoms with E-state index in [0.29, 0.717) is 5.69 Å². The minimum absolute atomic E-state index is 0.0534. The molecule has 0 aliphatic heterocycles. The fourth-order valence-corrected chi connectivity index (χ4v) is 5.43. The van der Waals surface area contributed by atoms with Crippen LogP contribution in [-0.4, -0.2) is 30.0 Å². The number of amides is 1. The number of nitrogens with two attached hydrogens (primary N) is 1. The third kappa shape index (κ3) is 4.67. The Hall–Kier alpha value is -1.95. The molecule has 0 saturated carbocycles. The van der Waals surface area contributed by atoms with Crippen LogP contribution in [0.3, 0.4) is 0 Å². The van der Waals surface area contributed by atoms with Gasteiger partial charge >= 0.3 is 0 Å². The number of sulfone groups is 1. The van der Waals surface area contributed by atoms with E-state index in [1.54, 1.807) is 17.5 Å². The third-order valence-electron chi connectivity index (χ3n) is 3.29. The van der Waals surface area contributed by atoms with Crippen molar-refractivity contribution < 1.29 is 13.2 Å². The summed E-state index contributed by atoms with van der Waals surface area (Å²) in [6, 6.07) is 10.4. The van der Waals surface area contributed by atoms with Gasteiger partial charge in [0.2, 0.25) is 15.7 Å². The van der Waals surface area contributed by atoms with Crippen LogP contribution in [0.2, 0.25) is 0 Å². The summed E-state index contributed by atoms with van der Waals surface area (Å²) in [4.78, 5) is 20.0. The Kier molecular flexibility index (Phi) is 6.15. The number of nitrogen functional groups attached to an aromatic ring is 1. The highest BCUT2D eigenvalue weighted by atomic mass is 79.9. The molecule has 0 bridgehead atoms. The van der Waals surface area contributed by atoms with Crippen LogP contribution in [0.4, 0.5) is 11.5 Å². The first-order valence-electron chi connectivity index (χ1n) is 7.46. The SMILES string of the molecule is Nc1nc(SCC(=O)Nc2ccccc2Br)ncc1S(=O)(=O)c1cccs1. The van der Waals surface area contributed by atoms with E-state index in [1.807, 2.05) is 18.2 Å². The Morgan fingerprint density at radius 1 is 1.26 bits per heavy atom. The normalized spacial score (nSPS) is 11.3. The first-order valence-corrected chi connectivity index (χ1v) is 11.6. The predicted octanol–water partition coefficient (Wildman–Crippen LogP) is 3.45. The number of carbonyl (C=O) groups is 1. The van der Waals surface area contributed by atoms with Crippen molar-refractivity contribution in [2.24, 2.45) is 0 Å². The molecule has 140 valence electrons. The number of para-hydroxylation sites is 1. The number of thiophene rings is 1. The predicted molar refractivity (Wildman–Crippen MR) is 110 cm³/mol. The molecule has 1 amide bonds. The number of rotatable bonds is 6. The van der Waals surface area contributed by atoms with Gasteiger partial charge < -0.3 is 11.1 Å². The number of benzene rings is 1. The fraction of sp³-hybridized carbons (Fsp3) is 0.0625. The molecule has 7 nitrogen and oxygen atoms in total. The summed E-state index contributed by atoms with van der Waals surface area (Å²) in [5, 5.41) is 4.65. The molecule has 3 aromatic rings. The molecule has 0 fully saturated rings. The molecule has 0 aliphatic carbocycles. The molecule has 27 heavy (non-hydrogen) atoms. The highest BCUT2D eigenvalue weighted by molar-refractivity contribution is 9.10. The molecule has 0 radical (unpaired) electrons. The molecule has 3 N–H and O–H groups in total. The number of aromatic nitrogens is 2. The van der Waals surface area contributed by atoms with Crippen molar-refractivity contribution in [1.82, 2.24) is 9.97 Å². The van der Waals surface area contributed by atoms with E-state index in [-0.39, 0.29) is 31.7 Å². The highest BCUT2D eigenvalue weighted by Crippen LogP contribution is 2.28. The number of nitrogens with one attached hydrogen (secondary N) is 1. The van der Waals surface area contributed by atoms with Crippen molar-refractivity contribution in [1.29, 1.82) is 0 Å². The minimum atomic E-state index is -3.75. The van der Waals surface area contributed by atoms with E-state index in [4.69, 9.17) is 5.73 Å². The quantitative estimate of drug-likeness (QED) is 0.406. The van der Waals surface area contributed by atoms with Crippen molar-refractivity contribution in [2.75, 3.05) is 16.8 Å². The lowest BCUT2D eigenvalue weighted by Gasteiger charge is -2.08. The molecule has 2 heterocycles. The summed E-state index contributed by atoms with van der Waals surface area (Å²) in [7, 11) is -3.75. The summed E-state index contributed by atoms with van der Waals surface area (Å²) < 4.78 is 25.9. The first-order chi connectivity index (χ1) is 12.9. The van der Waals surface area contributed by atoms with Crippen molar-refractivity contribution >= 4 is 66.3 Å². The first kappa shape index (κ1) is 19.8. The second kappa shape index (κ2) is 8.38. The van der Waals surface area contributed by atoms with Crippen LogP contribution in [0.5, 0.6) is 0 Å². The van der Waals surface area contributed by atoms with E-state index in [1.165, 1.54) is 12.3 Å². The van der Waals surface area contributed by atoms with Gasteiger partial charge in [-0.1, -0.05) is 30.0 Å². The van der Waals surface area contributed by atoms with E-state index >= 15 is 0 Å². The Morgan fingerprint density at radius 3 is 2.70 bits per heavy atom. The summed E-state index contributed by atoms with van der Waals surface area (Å²) in [6.07, 6.45) is 1.17. The lowest BCUT2D eigenvalue weighted by molar-refractivity contribution is -0.113. The van der Waals surface area contributed by atoms with Gasteiger partial charge in [0.25, 0.3) is 0 Å². The molecule has 0 unspecified atom stereocenters. The van der Waals surface area contributed by atoms with Crippen LogP contribution in [0.15, 0.2) is 66.7 Å². The molecule has 0 atom stereocenters. The Morgan fingerprint density at radius 2 is 2.04 bits per heavy atom. The van der Waals surface area contributed by atoms with E-state index < -0.39 is 9.84 Å². The van der Waals surface area contributed by atoms with Gasteiger partial charge in [-0.15, -0.1) is 11.3 Å². The van der Waals surface area contributed by atoms with Gasteiger partial charge in [-0.25, -0.2) is 18.4 Å². The van der Waals surface area contributed by atoms with Crippen molar-refractivity contribution in [2.45, 2.75) is 14.3 Å². The average molecular weight is 485 g/mol. The van der Waals surface area contributed by atoms with Gasteiger partial charge in [0.1, 0.15) is 14.9 Å². The number of anilines is 2. The minimum Gasteiger partial charge on any atom is -0.382 e. The van der Waals surface area contributed by atoms with Crippen LogP contribution in [0.25, 0.3) is 0 Å². The standard InChI is InChI=1S/C16H13BrN4O3S3/c17-10-4-1-2-5-11(10)20-13(22)9-26-16-19-8-12(15(18)21-16)27(23,24)14-6-3-7-25-14/h1-8H,9H2,(H,20,22)(H2,18,19,21). The van der Waals surface area contributed by atoms with Gasteiger partial charge in [-0.05, 0) is 39.5 Å². The zero-order chi connectivity index (χ0) is 19.4. The molecule has 2 aromatic heterocycles. The fourth-order valence-electron chi connectivity index (χ4n) is 2.05. The lowest BCUT2D eigenvalue weighted by atomic mass is 10.3. The molecule has 1 aromatic carbocycles. The van der Waals surface area contributed by atoms with Crippen LogP contribution < -0.4 is 11.1 Å². The number of nitrogens with zero attached hydrogens (tertiary/aromatic N) is 2. The maximum absolute atomic E-state index is 12.5. The average Bonchev–Trinajstić information content (AvgIpc) is 3.17. The Labute approximate surface area is 172 Å². The maximum atomic E-state index is 12.5. The number of thioether (sulfide) groups is 1. The van der Waals surface area contributed by atoms with E-state index in [0.717, 1.165) is 27.6 Å². The van der Waals surface area contributed by atoms with Crippen LogP contribution in [0.1, 0.15) is 0 Å². The molecule has 3 rings (SSSR count). The van der Waals surface area contributed by atoms with Crippen molar-refractivity contribution in [3.63, 3.8) is 0 Å². The van der Waals surface area contributed by atoms with Gasteiger partial charge in [-0.2, -0.15) is 0 Å². The molecule has 0 saturated heterocycles. The zero-order valence-corrected chi connectivity index (χ0v) is 17.7. The molecule has 0 spiro atoms. The summed E-state index contributed by atoms with van der Waals surface area (Å²) in [6.45, 7) is 0. The largest absolute Gasteiger partial charge is 0.382 e. The number of hydrogen-bond donors (Lipinski definition) is 2. The topological polar surface area (TPSA) is 115 Å². The summed E-state index contributed by atoms with van der Waals surface area (Å²) >= 11 is 5.51. The smallest absolute Gasteiger partial charge is 0.234 e. The number of carbonyl (C=O) groups excluding carboxylic acids is 1. The summed E-state index contributed by atoms with van der Waals surface area (Å²) in [5.74, 6) is -0.339. The highest BCUT2D eigenvalue weighted by Gasteiger charge is 2.23. The van der Waals surface area contributed by atoms with Gasteiger partial charge in [0.15, 0.2) is 5.16 Å². The van der Waals surface area contributed by atoms with Gasteiger partial charge in [0.05, 0.1) is 17.6 Å². The zero-order valence-electron chi connectivity index (χ0n) is 13.6. The van der Waals surface area contributed by atoms with E-state index in [2.05, 4.69) is 31.2 Å². The Bertz CT molecular complexity index is 1070. The van der Waals surface area contributed by atoms with Crippen molar-refractivity contribution in [3.8, 4) is 0 Å². The molecule has 11 heteroatoms. The molecular weight excluding hydrogens is 472 g/mol. The monoisotopic (exact) mass is 484 g/mol. The maximum Gasteiger partial charge on any atom is 0.234 e. The van der Waals surface area contributed by atoms with E-state index in [9.17, 15) is 13.2 Å². The van der Waals surface area contributed by atoms with Crippen LogP contribution >= 0.6 is 39.0 Å². The summed E-state index contributed by atoms with van der Waals surface area (Å²) in [5.41, 5.74) is 6.47. The lowest BCUT2D eigenvalue weighted by Crippen LogP contribution is -2.15. The third-order valence-corrected chi connectivity index (χ3v) is 8.01. The number of hydrogen-bond acceptors (Lipinski definition) is 8. The van der Waals surface area contributed by atoms with Gasteiger partial charge in [0, 0.05) is 4.47 Å². The van der Waals surface area contributed by atoms with Crippen LogP contribution in [-0.2, 0) is 14.6 Å². The van der Waals surface area contributed by atoms with Crippen LogP contribution in [0, 0.1) is 0 Å². The van der Waals surface area contributed by atoms with Crippen molar-refractivity contribution in [3.05, 3.63) is 52.4 Å². The number of halogens is 1.